The highest BCUT2D eigenvalue weighted by Crippen LogP contribution is 2.32. The fourth-order valence-electron chi connectivity index (χ4n) is 3.92. The van der Waals surface area contributed by atoms with Gasteiger partial charge in [-0.25, -0.2) is 0 Å². The van der Waals surface area contributed by atoms with Crippen LogP contribution in [0.1, 0.15) is 46.6 Å². The SMILES string of the molecule is Cc1noc(C)c1CCC(=O)N1CCC[C@@]2(C1)NC(=O)c1ccccc1O2. The van der Waals surface area contributed by atoms with Crippen LogP contribution in [0.3, 0.4) is 0 Å². The van der Waals surface area contributed by atoms with Crippen molar-refractivity contribution in [1.29, 1.82) is 0 Å². The van der Waals surface area contributed by atoms with Crippen molar-refractivity contribution in [3.8, 4) is 5.75 Å². The van der Waals surface area contributed by atoms with E-state index in [1.165, 1.54) is 0 Å². The highest BCUT2D eigenvalue weighted by atomic mass is 16.5. The zero-order valence-corrected chi connectivity index (χ0v) is 15.6. The second kappa shape index (κ2) is 6.72. The molecule has 4 rings (SSSR count). The predicted octanol–water partition coefficient (Wildman–Crippen LogP) is 2.37. The van der Waals surface area contributed by atoms with Gasteiger partial charge in [0.05, 0.1) is 17.8 Å². The molecule has 0 unspecified atom stereocenters. The molecule has 0 aliphatic carbocycles. The fraction of sp³-hybridized carbons (Fsp3) is 0.450. The smallest absolute Gasteiger partial charge is 0.258 e. The lowest BCUT2D eigenvalue weighted by Crippen LogP contribution is -2.64. The molecule has 3 heterocycles. The average Bonchev–Trinajstić information content (AvgIpc) is 2.97. The molecule has 2 aromatic rings. The van der Waals surface area contributed by atoms with Crippen LogP contribution in [0.4, 0.5) is 0 Å². The number of carbonyl (C=O) groups is 2. The van der Waals surface area contributed by atoms with E-state index in [-0.39, 0.29) is 11.8 Å². The summed E-state index contributed by atoms with van der Waals surface area (Å²) in [4.78, 5) is 27.0. The maximum absolute atomic E-state index is 12.8. The number of hydrogen-bond acceptors (Lipinski definition) is 5. The number of carbonyl (C=O) groups excluding carboxylic acids is 2. The minimum Gasteiger partial charge on any atom is -0.465 e. The summed E-state index contributed by atoms with van der Waals surface area (Å²) >= 11 is 0. The predicted molar refractivity (Wildman–Crippen MR) is 97.4 cm³/mol. The number of piperidine rings is 1. The van der Waals surface area contributed by atoms with Crippen LogP contribution in [-0.4, -0.2) is 40.7 Å². The van der Waals surface area contributed by atoms with Crippen molar-refractivity contribution in [3.63, 3.8) is 0 Å². The van der Waals surface area contributed by atoms with Gasteiger partial charge in [0.15, 0.2) is 0 Å². The van der Waals surface area contributed by atoms with Crippen molar-refractivity contribution in [2.24, 2.45) is 0 Å². The lowest BCUT2D eigenvalue weighted by Gasteiger charge is -2.45. The summed E-state index contributed by atoms with van der Waals surface area (Å²) < 4.78 is 11.3. The number of fused-ring (bicyclic) bond motifs is 1. The van der Waals surface area contributed by atoms with E-state index in [9.17, 15) is 9.59 Å². The molecule has 2 aliphatic rings. The molecular weight excluding hydrogens is 346 g/mol. The Morgan fingerprint density at radius 1 is 1.33 bits per heavy atom. The summed E-state index contributed by atoms with van der Waals surface area (Å²) in [5, 5.41) is 6.92. The van der Waals surface area contributed by atoms with E-state index >= 15 is 0 Å². The van der Waals surface area contributed by atoms with E-state index in [0.717, 1.165) is 23.4 Å². The Bertz CT molecular complexity index is 872. The van der Waals surface area contributed by atoms with Crippen LogP contribution in [0, 0.1) is 13.8 Å². The Morgan fingerprint density at radius 3 is 2.93 bits per heavy atom. The normalized spacial score (nSPS) is 21.6. The Labute approximate surface area is 157 Å². The highest BCUT2D eigenvalue weighted by molar-refractivity contribution is 5.98. The Kier molecular flexibility index (Phi) is 4.37. The zero-order chi connectivity index (χ0) is 19.0. The Morgan fingerprint density at radius 2 is 2.15 bits per heavy atom. The second-order valence-electron chi connectivity index (χ2n) is 7.27. The summed E-state index contributed by atoms with van der Waals surface area (Å²) in [6.45, 7) is 4.77. The standard InChI is InChI=1S/C20H23N3O4/c1-13-15(14(2)27-22-13)8-9-18(24)23-11-5-10-20(12-23)21-19(25)16-6-3-4-7-17(16)26-20/h3-4,6-7H,5,8-12H2,1-2H3,(H,21,25)/t20-/m1/s1. The van der Waals surface area contributed by atoms with Gasteiger partial charge in [-0.2, -0.15) is 0 Å². The zero-order valence-electron chi connectivity index (χ0n) is 15.6. The summed E-state index contributed by atoms with van der Waals surface area (Å²) in [7, 11) is 0. The Balaban J connectivity index is 1.45. The number of rotatable bonds is 3. The van der Waals surface area contributed by atoms with Gasteiger partial charge in [0.1, 0.15) is 11.5 Å². The first-order valence-corrected chi connectivity index (χ1v) is 9.27. The third-order valence-corrected chi connectivity index (χ3v) is 5.36. The summed E-state index contributed by atoms with van der Waals surface area (Å²) in [5.41, 5.74) is 1.51. The van der Waals surface area contributed by atoms with Gasteiger partial charge < -0.3 is 19.5 Å². The van der Waals surface area contributed by atoms with E-state index in [2.05, 4.69) is 10.5 Å². The van der Waals surface area contributed by atoms with Gasteiger partial charge in [-0.05, 0) is 38.8 Å². The lowest BCUT2D eigenvalue weighted by atomic mass is 9.97. The van der Waals surface area contributed by atoms with Crippen molar-refractivity contribution < 1.29 is 18.8 Å². The van der Waals surface area contributed by atoms with Crippen molar-refractivity contribution in [2.45, 2.75) is 45.3 Å². The molecular formula is C20H23N3O4. The van der Waals surface area contributed by atoms with Gasteiger partial charge in [-0.15, -0.1) is 0 Å². The van der Waals surface area contributed by atoms with E-state index in [1.807, 2.05) is 26.0 Å². The molecule has 142 valence electrons. The third kappa shape index (κ3) is 3.29. The van der Waals surface area contributed by atoms with Crippen molar-refractivity contribution >= 4 is 11.8 Å². The quantitative estimate of drug-likeness (QED) is 0.898. The van der Waals surface area contributed by atoms with Crippen LogP contribution in [0.2, 0.25) is 0 Å². The molecule has 7 nitrogen and oxygen atoms in total. The minimum atomic E-state index is -0.845. The van der Waals surface area contributed by atoms with Gasteiger partial charge in [0, 0.05) is 24.9 Å². The number of aromatic nitrogens is 1. The first-order chi connectivity index (χ1) is 13.0. The summed E-state index contributed by atoms with van der Waals surface area (Å²) in [6.07, 6.45) is 2.43. The summed E-state index contributed by atoms with van der Waals surface area (Å²) in [6, 6.07) is 7.20. The molecule has 1 N–H and O–H groups in total. The molecule has 2 aliphatic heterocycles. The topological polar surface area (TPSA) is 84.7 Å². The molecule has 0 radical (unpaired) electrons. The minimum absolute atomic E-state index is 0.0470. The largest absolute Gasteiger partial charge is 0.465 e. The number of benzene rings is 1. The van der Waals surface area contributed by atoms with Crippen LogP contribution in [0.5, 0.6) is 5.75 Å². The van der Waals surface area contributed by atoms with Crippen LogP contribution >= 0.6 is 0 Å². The van der Waals surface area contributed by atoms with E-state index in [4.69, 9.17) is 9.26 Å². The van der Waals surface area contributed by atoms with E-state index in [1.54, 1.807) is 17.0 Å². The molecule has 2 amide bonds. The summed E-state index contributed by atoms with van der Waals surface area (Å²) in [5.74, 6) is 1.23. The monoisotopic (exact) mass is 369 g/mol. The van der Waals surface area contributed by atoms with E-state index in [0.29, 0.717) is 43.7 Å². The molecule has 27 heavy (non-hydrogen) atoms. The van der Waals surface area contributed by atoms with Gasteiger partial charge in [-0.1, -0.05) is 17.3 Å². The first-order valence-electron chi connectivity index (χ1n) is 9.27. The molecule has 7 heteroatoms. The molecule has 0 saturated carbocycles. The Hall–Kier alpha value is -2.83. The van der Waals surface area contributed by atoms with Crippen molar-refractivity contribution in [2.75, 3.05) is 13.1 Å². The number of hydrogen-bond donors (Lipinski definition) is 1. The average molecular weight is 369 g/mol. The fourth-order valence-corrected chi connectivity index (χ4v) is 3.92. The third-order valence-electron chi connectivity index (χ3n) is 5.36. The molecule has 1 spiro atoms. The highest BCUT2D eigenvalue weighted by Gasteiger charge is 2.44. The number of ether oxygens (including phenoxy) is 1. The number of amides is 2. The maximum atomic E-state index is 12.8. The maximum Gasteiger partial charge on any atom is 0.258 e. The number of aryl methyl sites for hydroxylation is 2. The van der Waals surface area contributed by atoms with Crippen LogP contribution in [0.25, 0.3) is 0 Å². The second-order valence-corrected chi connectivity index (χ2v) is 7.27. The first kappa shape index (κ1) is 17.6. The molecule has 1 saturated heterocycles. The lowest BCUT2D eigenvalue weighted by molar-refractivity contribution is -0.138. The number of likely N-dealkylation sites (tertiary alicyclic amines) is 1. The van der Waals surface area contributed by atoms with Gasteiger partial charge in [0.2, 0.25) is 11.6 Å². The molecule has 1 fully saturated rings. The number of nitrogens with one attached hydrogen (secondary N) is 1. The van der Waals surface area contributed by atoms with Gasteiger partial charge in [0.25, 0.3) is 5.91 Å². The van der Waals surface area contributed by atoms with E-state index < -0.39 is 5.72 Å². The van der Waals surface area contributed by atoms with Crippen LogP contribution in [0.15, 0.2) is 28.8 Å². The number of para-hydroxylation sites is 1. The van der Waals surface area contributed by atoms with Gasteiger partial charge >= 0.3 is 0 Å². The number of nitrogens with zero attached hydrogens (tertiary/aromatic N) is 2. The molecule has 1 atom stereocenters. The van der Waals surface area contributed by atoms with Crippen molar-refractivity contribution in [1.82, 2.24) is 15.4 Å². The van der Waals surface area contributed by atoms with Crippen LogP contribution in [-0.2, 0) is 11.2 Å². The molecule has 0 bridgehead atoms. The molecule has 1 aromatic carbocycles. The van der Waals surface area contributed by atoms with Gasteiger partial charge in [-0.3, -0.25) is 9.59 Å². The van der Waals surface area contributed by atoms with Crippen molar-refractivity contribution in [3.05, 3.63) is 46.8 Å². The molecule has 1 aromatic heterocycles. The van der Waals surface area contributed by atoms with Crippen LogP contribution < -0.4 is 10.1 Å².